The first kappa shape index (κ1) is 17.2. The third kappa shape index (κ3) is 3.18. The van der Waals surface area contributed by atoms with Crippen LogP contribution in [0.5, 0.6) is 5.75 Å². The summed E-state index contributed by atoms with van der Waals surface area (Å²) in [6.45, 7) is 0.368. The van der Waals surface area contributed by atoms with Crippen LogP contribution in [-0.2, 0) is 16.4 Å². The molecule has 1 heterocycles. The lowest BCUT2D eigenvalue weighted by Gasteiger charge is -2.30. The fourth-order valence-corrected chi connectivity index (χ4v) is 4.43. The molecular weight excluding hydrogens is 344 g/mol. The first-order chi connectivity index (χ1) is 12.0. The van der Waals surface area contributed by atoms with Gasteiger partial charge in [-0.15, -0.1) is 0 Å². The molecule has 2 N–H and O–H groups in total. The SMILES string of the molecule is COc1ccc(S(=O)(=O)N2CCCc3cc(C(=O)NO)ccc32)cc1. The van der Waals surface area contributed by atoms with Gasteiger partial charge in [0.05, 0.1) is 17.7 Å². The van der Waals surface area contributed by atoms with Gasteiger partial charge in [0.2, 0.25) is 0 Å². The number of rotatable bonds is 4. The summed E-state index contributed by atoms with van der Waals surface area (Å²) in [5, 5.41) is 8.75. The Balaban J connectivity index is 2.00. The number of fused-ring (bicyclic) bond motifs is 1. The number of carbonyl (C=O) groups is 1. The van der Waals surface area contributed by atoms with Crippen molar-refractivity contribution in [2.75, 3.05) is 18.0 Å². The van der Waals surface area contributed by atoms with Gasteiger partial charge in [0.1, 0.15) is 5.75 Å². The molecule has 1 aliphatic heterocycles. The number of hydrogen-bond donors (Lipinski definition) is 2. The molecule has 0 aliphatic carbocycles. The standard InChI is InChI=1S/C17H18N2O5S/c1-24-14-5-7-15(8-6-14)25(22,23)19-10-2-3-12-11-13(17(20)18-21)4-9-16(12)19/h4-9,11,21H,2-3,10H2,1H3,(H,18,20). The van der Waals surface area contributed by atoms with E-state index in [1.54, 1.807) is 29.7 Å². The predicted molar refractivity (Wildman–Crippen MR) is 91.5 cm³/mol. The lowest BCUT2D eigenvalue weighted by molar-refractivity contribution is 0.0706. The fourth-order valence-electron chi connectivity index (χ4n) is 2.89. The first-order valence-corrected chi connectivity index (χ1v) is 9.15. The highest BCUT2D eigenvalue weighted by Crippen LogP contribution is 2.33. The van der Waals surface area contributed by atoms with E-state index in [-0.39, 0.29) is 10.5 Å². The van der Waals surface area contributed by atoms with E-state index in [4.69, 9.17) is 9.94 Å². The van der Waals surface area contributed by atoms with E-state index in [2.05, 4.69) is 0 Å². The number of ether oxygens (including phenoxy) is 1. The summed E-state index contributed by atoms with van der Waals surface area (Å²) in [6.07, 6.45) is 1.31. The van der Waals surface area contributed by atoms with Crippen molar-refractivity contribution in [3.05, 3.63) is 53.6 Å². The van der Waals surface area contributed by atoms with E-state index in [0.29, 0.717) is 30.8 Å². The fraction of sp³-hybridized carbons (Fsp3) is 0.235. The summed E-state index contributed by atoms with van der Waals surface area (Å²) in [5.74, 6) is -0.0458. The normalized spacial score (nSPS) is 13.9. The second-order valence-corrected chi connectivity index (χ2v) is 7.50. The molecule has 0 saturated heterocycles. The van der Waals surface area contributed by atoms with Crippen LogP contribution in [0.3, 0.4) is 0 Å². The van der Waals surface area contributed by atoms with E-state index in [1.165, 1.54) is 29.6 Å². The smallest absolute Gasteiger partial charge is 0.274 e. The zero-order chi connectivity index (χ0) is 18.0. The van der Waals surface area contributed by atoms with Crippen molar-refractivity contribution in [1.29, 1.82) is 0 Å². The van der Waals surface area contributed by atoms with Crippen LogP contribution in [0.1, 0.15) is 22.3 Å². The number of aryl methyl sites for hydroxylation is 1. The van der Waals surface area contributed by atoms with Crippen LogP contribution in [0, 0.1) is 0 Å². The van der Waals surface area contributed by atoms with E-state index in [0.717, 1.165) is 5.56 Å². The number of nitrogens with one attached hydrogen (secondary N) is 1. The molecule has 1 amide bonds. The molecule has 3 rings (SSSR count). The van der Waals surface area contributed by atoms with Crippen LogP contribution in [0.25, 0.3) is 0 Å². The Bertz CT molecular complexity index is 894. The molecule has 2 aromatic rings. The summed E-state index contributed by atoms with van der Waals surface area (Å²) in [4.78, 5) is 11.7. The number of methoxy groups -OCH3 is 1. The highest BCUT2D eigenvalue weighted by molar-refractivity contribution is 7.92. The molecule has 8 heteroatoms. The van der Waals surface area contributed by atoms with Crippen LogP contribution in [0.4, 0.5) is 5.69 Å². The van der Waals surface area contributed by atoms with Crippen molar-refractivity contribution in [1.82, 2.24) is 5.48 Å². The van der Waals surface area contributed by atoms with Gasteiger partial charge < -0.3 is 4.74 Å². The van der Waals surface area contributed by atoms with Crippen LogP contribution < -0.4 is 14.5 Å². The number of hydrogen-bond acceptors (Lipinski definition) is 5. The van der Waals surface area contributed by atoms with Gasteiger partial charge in [0, 0.05) is 12.1 Å². The van der Waals surface area contributed by atoms with Gasteiger partial charge in [-0.05, 0) is 60.9 Å². The average molecular weight is 362 g/mol. The molecule has 0 fully saturated rings. The maximum Gasteiger partial charge on any atom is 0.274 e. The molecule has 7 nitrogen and oxygen atoms in total. The Labute approximate surface area is 145 Å². The van der Waals surface area contributed by atoms with Gasteiger partial charge in [-0.3, -0.25) is 14.3 Å². The van der Waals surface area contributed by atoms with E-state index in [9.17, 15) is 13.2 Å². The summed E-state index contributed by atoms with van der Waals surface area (Å²) in [6, 6.07) is 10.9. The Morgan fingerprint density at radius 3 is 2.56 bits per heavy atom. The Morgan fingerprint density at radius 2 is 1.92 bits per heavy atom. The molecular formula is C17H18N2O5S. The molecule has 0 spiro atoms. The van der Waals surface area contributed by atoms with Gasteiger partial charge in [-0.2, -0.15) is 0 Å². The number of benzene rings is 2. The molecule has 0 unspecified atom stereocenters. The van der Waals surface area contributed by atoms with E-state index in [1.807, 2.05) is 0 Å². The molecule has 0 radical (unpaired) electrons. The monoisotopic (exact) mass is 362 g/mol. The van der Waals surface area contributed by atoms with E-state index >= 15 is 0 Å². The minimum absolute atomic E-state index is 0.179. The molecule has 0 bridgehead atoms. The van der Waals surface area contributed by atoms with Gasteiger partial charge in [0.25, 0.3) is 15.9 Å². The summed E-state index contributed by atoms with van der Waals surface area (Å²) in [5.41, 5.74) is 3.17. The van der Waals surface area contributed by atoms with Crippen LogP contribution in [0.15, 0.2) is 47.4 Å². The minimum Gasteiger partial charge on any atom is -0.497 e. The number of nitrogens with zero attached hydrogens (tertiary/aromatic N) is 1. The number of amides is 1. The summed E-state index contributed by atoms with van der Waals surface area (Å²) >= 11 is 0. The zero-order valence-electron chi connectivity index (χ0n) is 13.6. The predicted octanol–water partition coefficient (Wildman–Crippen LogP) is 1.96. The molecule has 0 aromatic heterocycles. The Hall–Kier alpha value is -2.58. The minimum atomic E-state index is -3.71. The van der Waals surface area contributed by atoms with Gasteiger partial charge >= 0.3 is 0 Å². The average Bonchev–Trinajstić information content (AvgIpc) is 2.66. The van der Waals surface area contributed by atoms with Crippen LogP contribution in [-0.4, -0.2) is 33.2 Å². The van der Waals surface area contributed by atoms with Gasteiger partial charge in [0.15, 0.2) is 0 Å². The zero-order valence-corrected chi connectivity index (χ0v) is 14.4. The molecule has 0 saturated carbocycles. The molecule has 0 atom stereocenters. The lowest BCUT2D eigenvalue weighted by atomic mass is 10.0. The highest BCUT2D eigenvalue weighted by atomic mass is 32.2. The highest BCUT2D eigenvalue weighted by Gasteiger charge is 2.29. The number of carbonyl (C=O) groups excluding carboxylic acids is 1. The van der Waals surface area contributed by atoms with Crippen molar-refractivity contribution < 1.29 is 23.2 Å². The van der Waals surface area contributed by atoms with Crippen molar-refractivity contribution in [3.8, 4) is 5.75 Å². The van der Waals surface area contributed by atoms with Crippen molar-refractivity contribution >= 4 is 21.6 Å². The van der Waals surface area contributed by atoms with Crippen molar-refractivity contribution in [2.45, 2.75) is 17.7 Å². The molecule has 25 heavy (non-hydrogen) atoms. The first-order valence-electron chi connectivity index (χ1n) is 7.71. The largest absolute Gasteiger partial charge is 0.497 e. The lowest BCUT2D eigenvalue weighted by Crippen LogP contribution is -2.35. The maximum atomic E-state index is 13.0. The third-order valence-electron chi connectivity index (χ3n) is 4.17. The summed E-state index contributed by atoms with van der Waals surface area (Å²) in [7, 11) is -2.19. The number of hydroxylamine groups is 1. The summed E-state index contributed by atoms with van der Waals surface area (Å²) < 4.78 is 32.4. The third-order valence-corrected chi connectivity index (χ3v) is 5.99. The molecule has 1 aliphatic rings. The van der Waals surface area contributed by atoms with Crippen LogP contribution in [0.2, 0.25) is 0 Å². The Morgan fingerprint density at radius 1 is 1.20 bits per heavy atom. The quantitative estimate of drug-likeness (QED) is 0.640. The van der Waals surface area contributed by atoms with Crippen LogP contribution >= 0.6 is 0 Å². The molecule has 132 valence electrons. The van der Waals surface area contributed by atoms with Crippen molar-refractivity contribution in [3.63, 3.8) is 0 Å². The number of anilines is 1. The second kappa shape index (κ2) is 6.73. The number of sulfonamides is 1. The van der Waals surface area contributed by atoms with Gasteiger partial charge in [-0.1, -0.05) is 0 Å². The van der Waals surface area contributed by atoms with E-state index < -0.39 is 15.9 Å². The molecule has 2 aromatic carbocycles. The second-order valence-electron chi connectivity index (χ2n) is 5.64. The van der Waals surface area contributed by atoms with Gasteiger partial charge in [-0.25, -0.2) is 13.9 Å². The topological polar surface area (TPSA) is 95.9 Å². The maximum absolute atomic E-state index is 13.0. The van der Waals surface area contributed by atoms with Crippen molar-refractivity contribution in [2.24, 2.45) is 0 Å². The Kier molecular flexibility index (Phi) is 4.65.